The number of thioether (sulfide) groups is 1. The molecule has 4 aromatic rings. The number of hydrogen-bond donors (Lipinski definition) is 1. The average Bonchev–Trinajstić information content (AvgIpc) is 3.04. The molecule has 0 bridgehead atoms. The lowest BCUT2D eigenvalue weighted by Gasteiger charge is -2.10. The van der Waals surface area contributed by atoms with Gasteiger partial charge in [0.2, 0.25) is 5.91 Å². The molecule has 0 saturated carbocycles. The second kappa shape index (κ2) is 7.00. The summed E-state index contributed by atoms with van der Waals surface area (Å²) in [5, 5.41) is 9.02. The van der Waals surface area contributed by atoms with Gasteiger partial charge in [0.25, 0.3) is 0 Å². The lowest BCUT2D eigenvalue weighted by Crippen LogP contribution is -2.15. The summed E-state index contributed by atoms with van der Waals surface area (Å²) in [4.78, 5) is 21.6. The molecule has 0 radical (unpaired) electrons. The van der Waals surface area contributed by atoms with Crippen LogP contribution in [-0.4, -0.2) is 31.2 Å². The van der Waals surface area contributed by atoms with Crippen LogP contribution in [0.15, 0.2) is 47.6 Å². The van der Waals surface area contributed by atoms with Crippen molar-refractivity contribution in [2.24, 2.45) is 0 Å². The van der Waals surface area contributed by atoms with Gasteiger partial charge in [-0.1, -0.05) is 36.0 Å². The Labute approximate surface area is 161 Å². The van der Waals surface area contributed by atoms with E-state index < -0.39 is 0 Å². The molecule has 7 heteroatoms. The van der Waals surface area contributed by atoms with Crippen LogP contribution in [0.3, 0.4) is 0 Å². The molecule has 6 nitrogen and oxygen atoms in total. The number of rotatable bonds is 4. The topological polar surface area (TPSA) is 72.2 Å². The largest absolute Gasteiger partial charge is 0.325 e. The Balaban J connectivity index is 1.59. The fraction of sp³-hybridized carbons (Fsp3) is 0.200. The highest BCUT2D eigenvalue weighted by atomic mass is 32.2. The average molecular weight is 377 g/mol. The summed E-state index contributed by atoms with van der Waals surface area (Å²) >= 11 is 1.35. The minimum atomic E-state index is -0.0753. The molecule has 0 unspecified atom stereocenters. The van der Waals surface area contributed by atoms with Crippen molar-refractivity contribution in [1.29, 1.82) is 0 Å². The number of aromatic nitrogens is 4. The lowest BCUT2D eigenvalue weighted by atomic mass is 10.1. The van der Waals surface area contributed by atoms with Crippen LogP contribution in [0.25, 0.3) is 16.6 Å². The standard InChI is InChI=1S/C20H19N5OS/c1-12-8-9-13(2)17(10-12)22-18(26)11-27-20-23-16-7-5-4-6-15(16)19-21-14(3)24-25(19)20/h4-10H,11H2,1-3H3,(H,22,26). The third-order valence-corrected chi connectivity index (χ3v) is 5.18. The third kappa shape index (κ3) is 3.50. The number of nitrogens with zero attached hydrogens (tertiary/aromatic N) is 4. The zero-order valence-corrected chi connectivity index (χ0v) is 16.2. The van der Waals surface area contributed by atoms with Gasteiger partial charge in [0.05, 0.1) is 11.3 Å². The quantitative estimate of drug-likeness (QED) is 0.431. The number of carbonyl (C=O) groups is 1. The second-order valence-corrected chi connectivity index (χ2v) is 7.40. The van der Waals surface area contributed by atoms with Gasteiger partial charge in [0.1, 0.15) is 5.82 Å². The van der Waals surface area contributed by atoms with Gasteiger partial charge in [-0.15, -0.1) is 5.10 Å². The van der Waals surface area contributed by atoms with Gasteiger partial charge in [0, 0.05) is 11.1 Å². The molecule has 0 saturated heterocycles. The van der Waals surface area contributed by atoms with Crippen molar-refractivity contribution in [3.05, 3.63) is 59.4 Å². The van der Waals surface area contributed by atoms with Crippen LogP contribution in [0.5, 0.6) is 0 Å². The molecular formula is C20H19N5OS. The predicted octanol–water partition coefficient (Wildman–Crippen LogP) is 3.93. The van der Waals surface area contributed by atoms with Gasteiger partial charge in [-0.25, -0.2) is 9.97 Å². The van der Waals surface area contributed by atoms with Crippen LogP contribution >= 0.6 is 11.8 Å². The van der Waals surface area contributed by atoms with E-state index in [1.165, 1.54) is 11.8 Å². The molecule has 27 heavy (non-hydrogen) atoms. The number of hydrogen-bond acceptors (Lipinski definition) is 5. The van der Waals surface area contributed by atoms with E-state index in [1.54, 1.807) is 4.52 Å². The fourth-order valence-electron chi connectivity index (χ4n) is 2.91. The highest BCUT2D eigenvalue weighted by Crippen LogP contribution is 2.24. The van der Waals surface area contributed by atoms with E-state index in [-0.39, 0.29) is 11.7 Å². The van der Waals surface area contributed by atoms with E-state index >= 15 is 0 Å². The van der Waals surface area contributed by atoms with Crippen molar-refractivity contribution >= 4 is 39.9 Å². The minimum Gasteiger partial charge on any atom is -0.325 e. The Hall–Kier alpha value is -2.93. The highest BCUT2D eigenvalue weighted by molar-refractivity contribution is 7.99. The zero-order valence-electron chi connectivity index (χ0n) is 15.4. The van der Waals surface area contributed by atoms with Crippen molar-refractivity contribution in [2.75, 3.05) is 11.1 Å². The van der Waals surface area contributed by atoms with Gasteiger partial charge in [-0.3, -0.25) is 4.79 Å². The third-order valence-electron chi connectivity index (χ3n) is 4.25. The van der Waals surface area contributed by atoms with E-state index in [2.05, 4.69) is 20.4 Å². The zero-order chi connectivity index (χ0) is 19.0. The van der Waals surface area contributed by atoms with Crippen molar-refractivity contribution < 1.29 is 4.79 Å². The molecule has 0 atom stereocenters. The van der Waals surface area contributed by atoms with E-state index in [4.69, 9.17) is 0 Å². The molecule has 4 rings (SSSR count). The molecule has 1 amide bonds. The first kappa shape index (κ1) is 17.5. The first-order valence-corrected chi connectivity index (χ1v) is 9.62. The molecule has 2 heterocycles. The maximum Gasteiger partial charge on any atom is 0.234 e. The maximum absolute atomic E-state index is 12.4. The number of nitrogens with one attached hydrogen (secondary N) is 1. The number of para-hydroxylation sites is 1. The summed E-state index contributed by atoms with van der Waals surface area (Å²) in [7, 11) is 0. The summed E-state index contributed by atoms with van der Waals surface area (Å²) in [5.41, 5.74) is 4.59. The van der Waals surface area contributed by atoms with Crippen LogP contribution < -0.4 is 5.32 Å². The van der Waals surface area contributed by atoms with Crippen molar-refractivity contribution in [1.82, 2.24) is 19.6 Å². The van der Waals surface area contributed by atoms with Gasteiger partial charge < -0.3 is 5.32 Å². The van der Waals surface area contributed by atoms with Crippen LogP contribution in [0.2, 0.25) is 0 Å². The van der Waals surface area contributed by atoms with Gasteiger partial charge in [0.15, 0.2) is 10.8 Å². The second-order valence-electron chi connectivity index (χ2n) is 6.46. The number of carbonyl (C=O) groups excluding carboxylic acids is 1. The predicted molar refractivity (Wildman–Crippen MR) is 108 cm³/mol. The maximum atomic E-state index is 12.4. The van der Waals surface area contributed by atoms with Crippen molar-refractivity contribution in [3.63, 3.8) is 0 Å². The van der Waals surface area contributed by atoms with Crippen molar-refractivity contribution in [3.8, 4) is 0 Å². The molecule has 0 aliphatic rings. The molecule has 0 fully saturated rings. The molecular weight excluding hydrogens is 358 g/mol. The molecule has 1 N–H and O–H groups in total. The summed E-state index contributed by atoms with van der Waals surface area (Å²) in [6.45, 7) is 5.84. The smallest absolute Gasteiger partial charge is 0.234 e. The van der Waals surface area contributed by atoms with Crippen LogP contribution in [-0.2, 0) is 4.79 Å². The van der Waals surface area contributed by atoms with Gasteiger partial charge in [-0.05, 0) is 50.1 Å². The molecule has 136 valence electrons. The summed E-state index contributed by atoms with van der Waals surface area (Å²) < 4.78 is 1.72. The normalized spacial score (nSPS) is 11.2. The van der Waals surface area contributed by atoms with Crippen molar-refractivity contribution in [2.45, 2.75) is 25.9 Å². The molecule has 0 spiro atoms. The van der Waals surface area contributed by atoms with E-state index in [0.29, 0.717) is 11.0 Å². The monoisotopic (exact) mass is 377 g/mol. The number of fused-ring (bicyclic) bond motifs is 3. The molecule has 2 aromatic heterocycles. The van der Waals surface area contributed by atoms with E-state index in [0.717, 1.165) is 33.4 Å². The van der Waals surface area contributed by atoms with E-state index in [1.807, 2.05) is 63.2 Å². The van der Waals surface area contributed by atoms with E-state index in [9.17, 15) is 4.79 Å². The molecule has 0 aliphatic heterocycles. The fourth-order valence-corrected chi connectivity index (χ4v) is 3.66. The number of amides is 1. The summed E-state index contributed by atoms with van der Waals surface area (Å²) in [5.74, 6) is 0.843. The Morgan fingerprint density at radius 1 is 1.11 bits per heavy atom. The van der Waals surface area contributed by atoms with Crippen LogP contribution in [0.1, 0.15) is 17.0 Å². The first-order chi connectivity index (χ1) is 13.0. The number of aryl methyl sites for hydroxylation is 3. The molecule has 2 aromatic carbocycles. The van der Waals surface area contributed by atoms with Crippen LogP contribution in [0.4, 0.5) is 5.69 Å². The Bertz CT molecular complexity index is 1170. The van der Waals surface area contributed by atoms with Gasteiger partial charge in [-0.2, -0.15) is 4.52 Å². The summed E-state index contributed by atoms with van der Waals surface area (Å²) in [6, 6.07) is 13.8. The van der Waals surface area contributed by atoms with Crippen LogP contribution in [0, 0.1) is 20.8 Å². The SMILES string of the molecule is Cc1ccc(C)c(NC(=O)CSc2nc3ccccc3c3nc(C)nn23)c1. The Morgan fingerprint density at radius 3 is 2.78 bits per heavy atom. The van der Waals surface area contributed by atoms with Gasteiger partial charge >= 0.3 is 0 Å². The molecule has 0 aliphatic carbocycles. The Kier molecular flexibility index (Phi) is 4.53. The highest BCUT2D eigenvalue weighted by Gasteiger charge is 2.14. The Morgan fingerprint density at radius 2 is 1.93 bits per heavy atom. The minimum absolute atomic E-state index is 0.0753. The first-order valence-electron chi connectivity index (χ1n) is 8.63. The summed E-state index contributed by atoms with van der Waals surface area (Å²) in [6.07, 6.45) is 0. The lowest BCUT2D eigenvalue weighted by molar-refractivity contribution is -0.113. The number of benzene rings is 2. The number of anilines is 1.